The van der Waals surface area contributed by atoms with Crippen LogP contribution in [0.15, 0.2) is 52.2 Å². The van der Waals surface area contributed by atoms with Gasteiger partial charge in [0.2, 0.25) is 0 Å². The number of allylic oxidation sites excluding steroid dienone is 1. The summed E-state index contributed by atoms with van der Waals surface area (Å²) in [6.07, 6.45) is 1.43. The molecule has 0 saturated heterocycles. The highest BCUT2D eigenvalue weighted by Crippen LogP contribution is 2.44. The highest BCUT2D eigenvalue weighted by molar-refractivity contribution is 9.10. The lowest BCUT2D eigenvalue weighted by Gasteiger charge is -2.34. The minimum absolute atomic E-state index is 0.0218. The van der Waals surface area contributed by atoms with Crippen LogP contribution < -0.4 is 0 Å². The Labute approximate surface area is 159 Å². The Morgan fingerprint density at radius 3 is 2.38 bits per heavy atom. The van der Waals surface area contributed by atoms with Crippen LogP contribution in [0.25, 0.3) is 0 Å². The van der Waals surface area contributed by atoms with E-state index in [1.54, 1.807) is 45.0 Å². The van der Waals surface area contributed by atoms with E-state index in [0.717, 1.165) is 4.47 Å². The first kappa shape index (κ1) is 20.2. The average molecular weight is 427 g/mol. The van der Waals surface area contributed by atoms with Gasteiger partial charge >= 0.3 is 11.9 Å². The molecule has 0 fully saturated rings. The number of hydrogen-bond donors (Lipinski definition) is 0. The van der Waals surface area contributed by atoms with E-state index >= 15 is 0 Å². The molecule has 1 heterocycles. The Kier molecular flexibility index (Phi) is 6.23. The molecule has 5 nitrogen and oxygen atoms in total. The summed E-state index contributed by atoms with van der Waals surface area (Å²) in [5.74, 6) is -1.77. The first-order valence-corrected chi connectivity index (χ1v) is 8.89. The summed E-state index contributed by atoms with van der Waals surface area (Å²) in [6, 6.07) is 5.46. The molecule has 1 aliphatic rings. The van der Waals surface area contributed by atoms with Gasteiger partial charge in [0.25, 0.3) is 6.01 Å². The maximum absolute atomic E-state index is 14.9. The Balaban J connectivity index is 2.83. The zero-order chi connectivity index (χ0) is 19.5. The summed E-state index contributed by atoms with van der Waals surface area (Å²) in [5.41, 5.74) is -1.96. The summed E-state index contributed by atoms with van der Waals surface area (Å²) in [6.45, 7) is 5.19. The summed E-state index contributed by atoms with van der Waals surface area (Å²) in [4.78, 5) is 25.4. The highest BCUT2D eigenvalue weighted by Gasteiger charge is 2.52. The molecular formula is C19H20BrFO5. The molecule has 0 aliphatic carbocycles. The van der Waals surface area contributed by atoms with Crippen LogP contribution in [-0.2, 0) is 29.2 Å². The van der Waals surface area contributed by atoms with E-state index in [1.807, 2.05) is 0 Å². The van der Waals surface area contributed by atoms with Gasteiger partial charge in [-0.1, -0.05) is 41.9 Å². The summed E-state index contributed by atoms with van der Waals surface area (Å²) in [7, 11) is 1.18. The van der Waals surface area contributed by atoms with E-state index in [2.05, 4.69) is 15.9 Å². The average Bonchev–Trinajstić information content (AvgIpc) is 2.60. The van der Waals surface area contributed by atoms with Gasteiger partial charge in [-0.2, -0.15) is 4.39 Å². The van der Waals surface area contributed by atoms with Crippen molar-refractivity contribution in [2.45, 2.75) is 26.2 Å². The number of carbonyl (C=O) groups is 2. The fraction of sp³-hybridized carbons (Fsp3) is 0.368. The monoisotopic (exact) mass is 426 g/mol. The topological polar surface area (TPSA) is 61.8 Å². The Morgan fingerprint density at radius 1 is 1.27 bits per heavy atom. The molecule has 2 rings (SSSR count). The van der Waals surface area contributed by atoms with Crippen molar-refractivity contribution in [3.8, 4) is 0 Å². The lowest BCUT2D eigenvalue weighted by molar-refractivity contribution is -0.149. The van der Waals surface area contributed by atoms with E-state index in [-0.39, 0.29) is 18.3 Å². The lowest BCUT2D eigenvalue weighted by atomic mass is 9.72. The number of halogens is 2. The SMILES string of the molecule is CCOC(=O)C1=C(F)OC(C(C)C)=CC1(C(=O)OC)c1ccc(Br)cc1. The first-order valence-electron chi connectivity index (χ1n) is 8.10. The van der Waals surface area contributed by atoms with Crippen molar-refractivity contribution in [3.05, 3.63) is 57.7 Å². The van der Waals surface area contributed by atoms with E-state index in [4.69, 9.17) is 14.2 Å². The van der Waals surface area contributed by atoms with Crippen molar-refractivity contribution in [2.75, 3.05) is 13.7 Å². The number of rotatable bonds is 5. The lowest BCUT2D eigenvalue weighted by Crippen LogP contribution is -2.43. The molecule has 0 amide bonds. The molecule has 26 heavy (non-hydrogen) atoms. The van der Waals surface area contributed by atoms with Crippen molar-refractivity contribution < 1.29 is 28.2 Å². The van der Waals surface area contributed by atoms with Gasteiger partial charge in [0.05, 0.1) is 13.7 Å². The van der Waals surface area contributed by atoms with E-state index < -0.39 is 28.9 Å². The summed E-state index contributed by atoms with van der Waals surface area (Å²) < 4.78 is 30.8. The minimum Gasteiger partial charge on any atom is -0.468 e. The fourth-order valence-electron chi connectivity index (χ4n) is 2.73. The van der Waals surface area contributed by atoms with Gasteiger partial charge in [0.1, 0.15) is 11.3 Å². The molecule has 1 unspecified atom stereocenters. The standard InChI is InChI=1S/C19H20BrFO5/c1-5-25-17(22)15-16(21)26-14(11(2)3)10-19(15,18(23)24-4)12-6-8-13(20)9-7-12/h6-11H,5H2,1-4H3. The van der Waals surface area contributed by atoms with Crippen LogP contribution in [0.3, 0.4) is 0 Å². The number of hydrogen-bond acceptors (Lipinski definition) is 5. The summed E-state index contributed by atoms with van der Waals surface area (Å²) >= 11 is 3.32. The van der Waals surface area contributed by atoms with Crippen molar-refractivity contribution in [1.29, 1.82) is 0 Å². The number of methoxy groups -OCH3 is 1. The molecule has 0 N–H and O–H groups in total. The van der Waals surface area contributed by atoms with Crippen LogP contribution in [0.2, 0.25) is 0 Å². The predicted molar refractivity (Wildman–Crippen MR) is 96.6 cm³/mol. The van der Waals surface area contributed by atoms with Crippen molar-refractivity contribution >= 4 is 27.9 Å². The maximum atomic E-state index is 14.9. The van der Waals surface area contributed by atoms with E-state index in [1.165, 1.54) is 13.2 Å². The fourth-order valence-corrected chi connectivity index (χ4v) is 3.00. The van der Waals surface area contributed by atoms with Gasteiger partial charge < -0.3 is 14.2 Å². The first-order chi connectivity index (χ1) is 12.3. The third kappa shape index (κ3) is 3.53. The Bertz CT molecular complexity index is 767. The van der Waals surface area contributed by atoms with Crippen LogP contribution in [0.1, 0.15) is 26.3 Å². The van der Waals surface area contributed by atoms with Gasteiger partial charge in [-0.3, -0.25) is 4.79 Å². The van der Waals surface area contributed by atoms with E-state index in [9.17, 15) is 14.0 Å². The van der Waals surface area contributed by atoms with E-state index in [0.29, 0.717) is 5.56 Å². The Hall–Kier alpha value is -2.15. The number of benzene rings is 1. The van der Waals surface area contributed by atoms with Crippen molar-refractivity contribution in [1.82, 2.24) is 0 Å². The van der Waals surface area contributed by atoms with Crippen molar-refractivity contribution in [2.24, 2.45) is 5.92 Å². The van der Waals surface area contributed by atoms with Crippen LogP contribution in [0.4, 0.5) is 4.39 Å². The predicted octanol–water partition coefficient (Wildman–Crippen LogP) is 4.17. The second kappa shape index (κ2) is 8.03. The molecule has 1 atom stereocenters. The molecule has 0 saturated carbocycles. The molecular weight excluding hydrogens is 407 g/mol. The Morgan fingerprint density at radius 2 is 1.88 bits per heavy atom. The molecule has 0 aromatic heterocycles. The number of esters is 2. The molecule has 0 radical (unpaired) electrons. The smallest absolute Gasteiger partial charge is 0.342 e. The maximum Gasteiger partial charge on any atom is 0.342 e. The normalized spacial score (nSPS) is 19.7. The van der Waals surface area contributed by atoms with Gasteiger partial charge in [-0.15, -0.1) is 0 Å². The third-order valence-electron chi connectivity index (χ3n) is 4.01. The van der Waals surface area contributed by atoms with Gasteiger partial charge in [-0.05, 0) is 30.7 Å². The summed E-state index contributed by atoms with van der Waals surface area (Å²) in [5, 5.41) is 0. The molecule has 140 valence electrons. The molecule has 1 aromatic rings. The van der Waals surface area contributed by atoms with Crippen molar-refractivity contribution in [3.63, 3.8) is 0 Å². The molecule has 1 aromatic carbocycles. The number of carbonyl (C=O) groups excluding carboxylic acids is 2. The molecule has 1 aliphatic heterocycles. The largest absolute Gasteiger partial charge is 0.468 e. The van der Waals surface area contributed by atoms with Crippen LogP contribution in [0.5, 0.6) is 0 Å². The number of ether oxygens (including phenoxy) is 3. The quantitative estimate of drug-likeness (QED) is 0.660. The van der Waals surface area contributed by atoms with Gasteiger partial charge in [0, 0.05) is 10.4 Å². The zero-order valence-corrected chi connectivity index (χ0v) is 16.6. The minimum atomic E-state index is -1.80. The van der Waals surface area contributed by atoms with Gasteiger partial charge in [0.15, 0.2) is 5.41 Å². The molecule has 0 spiro atoms. The van der Waals surface area contributed by atoms with Crippen LogP contribution in [-0.4, -0.2) is 25.7 Å². The molecule has 0 bridgehead atoms. The molecule has 7 heteroatoms. The van der Waals surface area contributed by atoms with Crippen LogP contribution in [0, 0.1) is 5.92 Å². The third-order valence-corrected chi connectivity index (χ3v) is 4.54. The second-order valence-electron chi connectivity index (χ2n) is 5.98. The zero-order valence-electron chi connectivity index (χ0n) is 15.0. The second-order valence-corrected chi connectivity index (χ2v) is 6.89. The highest BCUT2D eigenvalue weighted by atomic mass is 79.9. The van der Waals surface area contributed by atoms with Gasteiger partial charge in [-0.25, -0.2) is 4.79 Å². The van der Waals surface area contributed by atoms with Crippen LogP contribution >= 0.6 is 15.9 Å².